The molecule has 1 fully saturated rings. The monoisotopic (exact) mass is 598 g/mol. The van der Waals surface area contributed by atoms with Gasteiger partial charge < -0.3 is 15.4 Å². The second-order valence-electron chi connectivity index (χ2n) is 11.7. The number of nitriles is 1. The SMILES string of the molecule is COc1ccc(C(Nc2cc(Cl)c3ncc(C#N)c(NCC(C)(C)C)c3c2)c2cn(C3(C(F)(F)F)CC3)nn2)c(C)n1. The first-order valence-electron chi connectivity index (χ1n) is 13.3. The van der Waals surface area contributed by atoms with Crippen LogP contribution in [0.5, 0.6) is 5.88 Å². The average Bonchev–Trinajstić information content (AvgIpc) is 3.61. The molecule has 1 atom stereocenters. The molecule has 5 rings (SSSR count). The van der Waals surface area contributed by atoms with Gasteiger partial charge in [-0.15, -0.1) is 5.10 Å². The van der Waals surface area contributed by atoms with Gasteiger partial charge >= 0.3 is 6.18 Å². The van der Waals surface area contributed by atoms with Gasteiger partial charge in [-0.1, -0.05) is 37.6 Å². The average molecular weight is 599 g/mol. The van der Waals surface area contributed by atoms with E-state index in [1.54, 1.807) is 25.1 Å². The number of aromatic nitrogens is 5. The predicted molar refractivity (Wildman–Crippen MR) is 154 cm³/mol. The van der Waals surface area contributed by atoms with Crippen LogP contribution >= 0.6 is 11.6 Å². The van der Waals surface area contributed by atoms with Crippen molar-refractivity contribution in [3.63, 3.8) is 0 Å². The number of methoxy groups -OCH3 is 1. The van der Waals surface area contributed by atoms with Gasteiger partial charge in [-0.25, -0.2) is 9.67 Å². The summed E-state index contributed by atoms with van der Waals surface area (Å²) in [5.41, 5.74) is 1.38. The van der Waals surface area contributed by atoms with Crippen LogP contribution in [-0.4, -0.2) is 44.8 Å². The highest BCUT2D eigenvalue weighted by Gasteiger charge is 2.66. The summed E-state index contributed by atoms with van der Waals surface area (Å²) in [5, 5.41) is 25.6. The summed E-state index contributed by atoms with van der Waals surface area (Å²) in [6.07, 6.45) is -1.75. The summed E-state index contributed by atoms with van der Waals surface area (Å²) in [6, 6.07) is 8.38. The van der Waals surface area contributed by atoms with E-state index in [-0.39, 0.29) is 24.0 Å². The topological polar surface area (TPSA) is 114 Å². The number of aryl methyl sites for hydroxylation is 1. The molecule has 0 bridgehead atoms. The second-order valence-corrected chi connectivity index (χ2v) is 12.1. The van der Waals surface area contributed by atoms with E-state index < -0.39 is 17.8 Å². The molecule has 0 aliphatic heterocycles. The van der Waals surface area contributed by atoms with Gasteiger partial charge in [-0.3, -0.25) is 4.98 Å². The first-order valence-corrected chi connectivity index (χ1v) is 13.7. The highest BCUT2D eigenvalue weighted by Crippen LogP contribution is 2.55. The van der Waals surface area contributed by atoms with Gasteiger partial charge in [0.25, 0.3) is 0 Å². The molecule has 13 heteroatoms. The van der Waals surface area contributed by atoms with Crippen LogP contribution in [-0.2, 0) is 5.54 Å². The lowest BCUT2D eigenvalue weighted by Crippen LogP contribution is -2.35. The van der Waals surface area contributed by atoms with Crippen molar-refractivity contribution in [2.45, 2.75) is 58.3 Å². The van der Waals surface area contributed by atoms with Crippen LogP contribution in [0, 0.1) is 23.7 Å². The third kappa shape index (κ3) is 5.53. The number of fused-ring (bicyclic) bond motifs is 1. The molecule has 0 radical (unpaired) electrons. The van der Waals surface area contributed by atoms with Crippen molar-refractivity contribution in [2.75, 3.05) is 24.3 Å². The summed E-state index contributed by atoms with van der Waals surface area (Å²) in [7, 11) is 1.50. The van der Waals surface area contributed by atoms with Crippen LogP contribution in [0.4, 0.5) is 24.5 Å². The van der Waals surface area contributed by atoms with Crippen molar-refractivity contribution in [3.05, 3.63) is 64.2 Å². The van der Waals surface area contributed by atoms with E-state index in [2.05, 4.69) is 57.8 Å². The Labute approximate surface area is 246 Å². The van der Waals surface area contributed by atoms with Crippen molar-refractivity contribution in [1.82, 2.24) is 25.0 Å². The lowest BCUT2D eigenvalue weighted by Gasteiger charge is -2.23. The van der Waals surface area contributed by atoms with Gasteiger partial charge in [0.2, 0.25) is 5.88 Å². The van der Waals surface area contributed by atoms with E-state index >= 15 is 0 Å². The first kappa shape index (κ1) is 29.4. The Morgan fingerprint density at radius 3 is 2.55 bits per heavy atom. The molecular formula is C29H30ClF3N8O. The van der Waals surface area contributed by atoms with Crippen LogP contribution < -0.4 is 15.4 Å². The molecule has 0 saturated heterocycles. The minimum absolute atomic E-state index is 0.0562. The van der Waals surface area contributed by atoms with E-state index in [0.29, 0.717) is 56.5 Å². The number of alkyl halides is 3. The summed E-state index contributed by atoms with van der Waals surface area (Å²) in [4.78, 5) is 8.87. The first-order chi connectivity index (χ1) is 19.8. The van der Waals surface area contributed by atoms with E-state index in [0.717, 1.165) is 4.68 Å². The molecule has 1 saturated carbocycles. The summed E-state index contributed by atoms with van der Waals surface area (Å²) in [5.74, 6) is 0.395. The normalized spacial score (nSPS) is 15.2. The van der Waals surface area contributed by atoms with Gasteiger partial charge in [0.1, 0.15) is 11.8 Å². The molecule has 1 unspecified atom stereocenters. The maximum absolute atomic E-state index is 13.9. The van der Waals surface area contributed by atoms with Crippen molar-refractivity contribution in [2.24, 2.45) is 5.41 Å². The van der Waals surface area contributed by atoms with Crippen LogP contribution in [0.2, 0.25) is 5.02 Å². The summed E-state index contributed by atoms with van der Waals surface area (Å²) >= 11 is 6.69. The van der Waals surface area contributed by atoms with E-state index in [1.165, 1.54) is 19.5 Å². The number of pyridine rings is 2. The molecule has 3 heterocycles. The molecule has 2 N–H and O–H groups in total. The maximum Gasteiger partial charge on any atom is 0.413 e. The van der Waals surface area contributed by atoms with Crippen molar-refractivity contribution >= 4 is 33.9 Å². The molecule has 3 aromatic heterocycles. The number of rotatable bonds is 8. The van der Waals surface area contributed by atoms with E-state index in [9.17, 15) is 18.4 Å². The smallest absolute Gasteiger partial charge is 0.413 e. The number of benzene rings is 1. The molecule has 1 aromatic carbocycles. The van der Waals surface area contributed by atoms with Crippen molar-refractivity contribution < 1.29 is 17.9 Å². The van der Waals surface area contributed by atoms with Gasteiger partial charge in [0, 0.05) is 41.1 Å². The number of hydrogen-bond donors (Lipinski definition) is 2. The molecule has 1 aliphatic carbocycles. The third-order valence-electron chi connectivity index (χ3n) is 7.27. The van der Waals surface area contributed by atoms with Crippen LogP contribution in [0.3, 0.4) is 0 Å². The Kier molecular flexibility index (Phi) is 7.43. The van der Waals surface area contributed by atoms with E-state index in [1.807, 2.05) is 6.07 Å². The second kappa shape index (κ2) is 10.6. The Hall–Kier alpha value is -4.11. The molecular weight excluding hydrogens is 569 g/mol. The van der Waals surface area contributed by atoms with Gasteiger partial charge in [0.15, 0.2) is 5.54 Å². The molecule has 0 amide bonds. The zero-order chi connectivity index (χ0) is 30.4. The largest absolute Gasteiger partial charge is 0.481 e. The van der Waals surface area contributed by atoms with Crippen LogP contribution in [0.15, 0.2) is 36.7 Å². The highest BCUT2D eigenvalue weighted by molar-refractivity contribution is 6.35. The Morgan fingerprint density at radius 2 is 1.95 bits per heavy atom. The van der Waals surface area contributed by atoms with Crippen molar-refractivity contribution in [1.29, 1.82) is 5.26 Å². The van der Waals surface area contributed by atoms with E-state index in [4.69, 9.17) is 16.3 Å². The lowest BCUT2D eigenvalue weighted by molar-refractivity contribution is -0.182. The number of halogens is 4. The van der Waals surface area contributed by atoms with Gasteiger partial charge in [-0.2, -0.15) is 18.4 Å². The highest BCUT2D eigenvalue weighted by atomic mass is 35.5. The zero-order valence-corrected chi connectivity index (χ0v) is 24.5. The number of nitrogens with one attached hydrogen (secondary N) is 2. The molecule has 220 valence electrons. The van der Waals surface area contributed by atoms with Crippen LogP contribution in [0.1, 0.15) is 62.2 Å². The standard InChI is InChI=1S/C29H30ClF3N8O/c1-16-19(6-7-23(37-16)42-5)26(22-14-41(40-39-22)28(8-9-28)29(31,32)33)38-18-10-20-24(36-15-27(2,3)4)17(12-34)13-35-25(20)21(30)11-18/h6-7,10-11,13-14,26,38H,8-9,15H2,1-5H3,(H,35,36). The summed E-state index contributed by atoms with van der Waals surface area (Å²) in [6.45, 7) is 8.58. The number of hydrogen-bond acceptors (Lipinski definition) is 8. The fourth-order valence-electron chi connectivity index (χ4n) is 4.80. The van der Waals surface area contributed by atoms with Crippen LogP contribution in [0.25, 0.3) is 10.9 Å². The maximum atomic E-state index is 13.9. The van der Waals surface area contributed by atoms with Gasteiger partial charge in [-0.05, 0) is 43.4 Å². The molecule has 1 aliphatic rings. The lowest BCUT2D eigenvalue weighted by atomic mass is 9.96. The Bertz CT molecular complexity index is 1690. The minimum atomic E-state index is -4.45. The number of nitrogens with zero attached hydrogens (tertiary/aromatic N) is 6. The third-order valence-corrected chi connectivity index (χ3v) is 7.56. The zero-order valence-electron chi connectivity index (χ0n) is 23.8. The van der Waals surface area contributed by atoms with Crippen molar-refractivity contribution in [3.8, 4) is 11.9 Å². The fourth-order valence-corrected chi connectivity index (χ4v) is 5.06. The molecule has 42 heavy (non-hydrogen) atoms. The number of ether oxygens (including phenoxy) is 1. The van der Waals surface area contributed by atoms with Gasteiger partial charge in [0.05, 0.1) is 41.1 Å². The molecule has 4 aromatic rings. The molecule has 9 nitrogen and oxygen atoms in total. The Balaban J connectivity index is 1.61. The number of anilines is 2. The molecule has 0 spiro atoms. The fraction of sp³-hybridized carbons (Fsp3) is 0.414. The summed E-state index contributed by atoms with van der Waals surface area (Å²) < 4.78 is 47.7. The minimum Gasteiger partial charge on any atom is -0.481 e. The quantitative estimate of drug-likeness (QED) is 0.228. The Morgan fingerprint density at radius 1 is 1.21 bits per heavy atom. The predicted octanol–water partition coefficient (Wildman–Crippen LogP) is 6.77.